The average Bonchev–Trinajstić information content (AvgIpc) is 0.930. The molecule has 3 aliphatic rings. The smallest absolute Gasteiger partial charge is 0.404 e. The number of H-pyrrole nitrogens is 3. The number of esters is 2. The molecular formula is C86H95N7O31. The summed E-state index contributed by atoms with van der Waals surface area (Å²) in [6.07, 6.45) is -13.2. The van der Waals surface area contributed by atoms with E-state index >= 15 is 0 Å². The molecule has 124 heavy (non-hydrogen) atoms. The second kappa shape index (κ2) is 35.4. The van der Waals surface area contributed by atoms with Gasteiger partial charge in [-0.15, -0.1) is 0 Å². The van der Waals surface area contributed by atoms with Crippen molar-refractivity contribution in [2.24, 2.45) is 5.73 Å². The number of anilines is 3. The van der Waals surface area contributed by atoms with Crippen molar-refractivity contribution in [3.63, 3.8) is 0 Å². The third-order valence-corrected chi connectivity index (χ3v) is 21.5. The van der Waals surface area contributed by atoms with Crippen LogP contribution in [-0.4, -0.2) is 198 Å². The molecule has 0 radical (unpaired) electrons. The normalized spacial score (nSPS) is 21.9. The van der Waals surface area contributed by atoms with E-state index < -0.39 is 178 Å². The Morgan fingerprint density at radius 1 is 0.484 bits per heavy atom. The van der Waals surface area contributed by atoms with Gasteiger partial charge in [0.25, 0.3) is 17.7 Å². The first-order valence-electron chi connectivity index (χ1n) is 38.7. The lowest BCUT2D eigenvalue weighted by atomic mass is 9.89. The van der Waals surface area contributed by atoms with Gasteiger partial charge in [0.15, 0.2) is 70.9 Å². The predicted octanol–water partition coefficient (Wildman–Crippen LogP) is 9.20. The van der Waals surface area contributed by atoms with E-state index in [2.05, 4.69) is 30.9 Å². The summed E-state index contributed by atoms with van der Waals surface area (Å²) in [4.78, 5) is 127. The zero-order valence-corrected chi connectivity index (χ0v) is 70.3. The summed E-state index contributed by atoms with van der Waals surface area (Å²) in [6, 6.07) is 19.1. The van der Waals surface area contributed by atoms with Crippen LogP contribution in [0.25, 0.3) is 32.9 Å². The van der Waals surface area contributed by atoms with E-state index in [9.17, 15) is 78.9 Å². The summed E-state index contributed by atoms with van der Waals surface area (Å²) < 4.78 is 86.2. The van der Waals surface area contributed by atoms with E-state index in [4.69, 9.17) is 75.8 Å². The number of amides is 4. The number of aryl methyl sites for hydroxylation is 5. The molecule has 10 aromatic rings. The van der Waals surface area contributed by atoms with Crippen LogP contribution in [-0.2, 0) is 49.1 Å². The Morgan fingerprint density at radius 3 is 1.19 bits per heavy atom. The van der Waals surface area contributed by atoms with Crippen LogP contribution in [0.5, 0.6) is 40.2 Å². The number of phenols is 1. The van der Waals surface area contributed by atoms with Crippen molar-refractivity contribution in [1.82, 2.24) is 15.0 Å². The largest absolute Gasteiger partial charge is 0.508 e. The van der Waals surface area contributed by atoms with Gasteiger partial charge in [-0.2, -0.15) is 0 Å². The number of allylic oxidation sites excluding steroid dienone is 2. The molecule has 13 rings (SSSR count). The topological polar surface area (TPSA) is 555 Å². The van der Waals surface area contributed by atoms with Crippen LogP contribution < -0.4 is 52.8 Å². The number of rotatable bonds is 22. The first-order chi connectivity index (χ1) is 58.4. The molecule has 0 bridgehead atoms. The number of aliphatic hydroxyl groups is 3. The third kappa shape index (κ3) is 18.0. The Morgan fingerprint density at radius 2 is 0.847 bits per heavy atom. The molecule has 3 saturated heterocycles. The molecule has 38 heteroatoms. The molecule has 38 nitrogen and oxygen atoms in total. The minimum absolute atomic E-state index is 0.0183. The molecule has 4 aromatic carbocycles. The maximum Gasteiger partial charge on any atom is 0.404 e. The molecule has 0 spiro atoms. The minimum atomic E-state index is -1.59. The van der Waals surface area contributed by atoms with Gasteiger partial charge in [0.1, 0.15) is 75.1 Å². The SMILES string of the molecule is CO[C@@H]1[C@@H](OC(=O)c2ccc(C)[nH]2)[C@@H](O)[C@H](Oc2ccc3c(O)c(NC(=O)c4c[nH]c(C(=O)Nc5c(O)c6ccc(O[C@@H]7OC(C)(C)[C@H](OC)[C@@H](OC(=O)c8ccc(C)[nH]8)[C@H]7O)c(C)c6oc5=O)c4C)c(=O)oc3c2C)OC1(C)C.CO[C@@H]1[C@@H](OC(N)=O)[C@@H](O)[C@H](Oc2ccc3c(O)c(NC(=O)c4ccc(O)c(CC=C(C)C)c4)c(=O)oc3c2C)OC1(C)C. The van der Waals surface area contributed by atoms with E-state index in [0.29, 0.717) is 23.4 Å². The summed E-state index contributed by atoms with van der Waals surface area (Å²) in [7, 11) is 4.13. The number of methoxy groups -OCH3 is 3. The van der Waals surface area contributed by atoms with Gasteiger partial charge in [0.05, 0.1) is 38.5 Å². The predicted molar refractivity (Wildman–Crippen MR) is 440 cm³/mol. The Labute approximate surface area is 704 Å². The third-order valence-electron chi connectivity index (χ3n) is 21.5. The number of hydrogen-bond donors (Lipinski definition) is 14. The van der Waals surface area contributed by atoms with Gasteiger partial charge in [0.2, 0.25) is 18.9 Å². The zero-order valence-electron chi connectivity index (χ0n) is 70.3. The van der Waals surface area contributed by atoms with Gasteiger partial charge in [-0.25, -0.2) is 28.8 Å². The number of aromatic amines is 3. The molecule has 0 saturated carbocycles. The maximum atomic E-state index is 13.7. The van der Waals surface area contributed by atoms with Gasteiger partial charge < -0.3 is 142 Å². The molecule has 15 N–H and O–H groups in total. The average molecular weight is 1720 g/mol. The van der Waals surface area contributed by atoms with Gasteiger partial charge >= 0.3 is 34.9 Å². The number of ether oxygens (including phenoxy) is 12. The number of fused-ring (bicyclic) bond motifs is 3. The number of nitrogens with two attached hydrogens (primary N) is 1. The monoisotopic (exact) mass is 1720 g/mol. The molecule has 3 aliphatic heterocycles. The summed E-state index contributed by atoms with van der Waals surface area (Å²) >= 11 is 0. The highest BCUT2D eigenvalue weighted by Crippen LogP contribution is 2.44. The molecule has 12 atom stereocenters. The number of carbonyl (C=O) groups excluding carboxylic acids is 6. The van der Waals surface area contributed by atoms with E-state index in [1.807, 2.05) is 19.9 Å². The Kier molecular flexibility index (Phi) is 25.8. The lowest BCUT2D eigenvalue weighted by Gasteiger charge is -2.47. The quantitative estimate of drug-likeness (QED) is 0.0130. The molecule has 9 heterocycles. The fourth-order valence-corrected chi connectivity index (χ4v) is 15.1. The molecule has 0 aliphatic carbocycles. The highest BCUT2D eigenvalue weighted by atomic mass is 16.7. The van der Waals surface area contributed by atoms with E-state index in [0.717, 1.165) is 11.8 Å². The van der Waals surface area contributed by atoms with Crippen molar-refractivity contribution >= 4 is 85.7 Å². The van der Waals surface area contributed by atoms with E-state index in [1.54, 1.807) is 74.4 Å². The van der Waals surface area contributed by atoms with Crippen molar-refractivity contribution in [2.75, 3.05) is 37.3 Å². The molecule has 3 fully saturated rings. The second-order valence-corrected chi connectivity index (χ2v) is 31.7. The number of benzene rings is 4. The second-order valence-electron chi connectivity index (χ2n) is 31.7. The van der Waals surface area contributed by atoms with Crippen LogP contribution in [0.4, 0.5) is 21.9 Å². The molecule has 660 valence electrons. The lowest BCUT2D eigenvalue weighted by Crippen LogP contribution is -2.65. The van der Waals surface area contributed by atoms with Crippen LogP contribution in [0.15, 0.2) is 124 Å². The number of aromatic hydroxyl groups is 4. The number of phenolic OH excluding ortho intramolecular Hbond substituents is 1. The van der Waals surface area contributed by atoms with Crippen molar-refractivity contribution in [1.29, 1.82) is 0 Å². The lowest BCUT2D eigenvalue weighted by molar-refractivity contribution is -0.305. The first kappa shape index (κ1) is 90.2. The molecule has 6 aromatic heterocycles. The highest BCUT2D eigenvalue weighted by Gasteiger charge is 2.56. The summed E-state index contributed by atoms with van der Waals surface area (Å²) in [5.41, 5.74) is -0.0583. The number of hydrogen-bond acceptors (Lipinski definition) is 31. The molecular weight excluding hydrogens is 1630 g/mol. The van der Waals surface area contributed by atoms with Crippen molar-refractivity contribution in [3.05, 3.63) is 195 Å². The van der Waals surface area contributed by atoms with Crippen LogP contribution in [0.3, 0.4) is 0 Å². The number of aliphatic hydroxyl groups excluding tert-OH is 3. The standard InChI is InChI=1S/C55H59N5O20.C31H36N2O11/c1-21-12-16-29(57-21)48(67)77-42-38(63)52(79-54(6,7)44(42)71-10)73-31-18-14-26-36(61)34(50(69)75-40(26)24(31)4)59-46(65)28-20-56-33(23(28)3)47(66)60-35-37(62)27-15-19-32(25(5)41(27)76-51(35)70)74-53-39(64)43(45(72-11)55(8,9)80-53)78-49(68)30-17-13-22(2)58-30;1-14(2)7-8-16-13-17(9-11-19(16)34)27(37)33-21-22(35)18-10-12-20(15(3)24(18)42-28(21)38)41-29-23(36)25(43-30(32)39)26(40-6)31(4,5)44-29/h12-20,38-39,42-45,52-53,56-58,61-64H,1-11H3,(H,59,65)(H,60,66);7,9-13,23,25-26,29,34-36H,8H2,1-6H3,(H2,32,39)(H,33,37)/t38-,39-,42+,43+,44-,45-,52-,53-;23-,25+,26-,29-/m11/s1. The fraction of sp³-hybridized carbons (Fsp3) is 0.384. The van der Waals surface area contributed by atoms with E-state index in [1.165, 1.54) is 109 Å². The molecule has 4 amide bonds. The summed E-state index contributed by atoms with van der Waals surface area (Å²) in [6.45, 7) is 23.3. The van der Waals surface area contributed by atoms with Crippen LogP contribution in [0.2, 0.25) is 0 Å². The van der Waals surface area contributed by atoms with Gasteiger partial charge in [-0.1, -0.05) is 11.6 Å². The zero-order chi connectivity index (χ0) is 90.5. The van der Waals surface area contributed by atoms with Gasteiger partial charge in [-0.3, -0.25) is 14.4 Å². The summed E-state index contributed by atoms with van der Waals surface area (Å²) in [5.74, 6) is -5.80. The number of carbonyl (C=O) groups is 6. The minimum Gasteiger partial charge on any atom is -0.508 e. The van der Waals surface area contributed by atoms with Crippen molar-refractivity contribution in [3.8, 4) is 40.2 Å². The highest BCUT2D eigenvalue weighted by molar-refractivity contribution is 6.12. The first-order valence-corrected chi connectivity index (χ1v) is 38.7. The van der Waals surface area contributed by atoms with Gasteiger partial charge in [-0.05, 0) is 193 Å². The van der Waals surface area contributed by atoms with Crippen LogP contribution in [0, 0.1) is 41.5 Å². The Bertz CT molecular complexity index is 5820. The number of aromatic nitrogens is 3. The van der Waals surface area contributed by atoms with Crippen LogP contribution in [0.1, 0.15) is 147 Å². The number of primary amides is 1. The van der Waals surface area contributed by atoms with Crippen LogP contribution >= 0.6 is 0 Å². The fourth-order valence-electron chi connectivity index (χ4n) is 15.1. The summed E-state index contributed by atoms with van der Waals surface area (Å²) in [5, 5.41) is 85.0. The number of nitrogens with one attached hydrogen (secondary N) is 6. The van der Waals surface area contributed by atoms with Crippen molar-refractivity contribution in [2.45, 2.75) is 194 Å². The van der Waals surface area contributed by atoms with Gasteiger partial charge in [0, 0.05) is 61.2 Å². The molecule has 0 unspecified atom stereocenters. The Balaban J connectivity index is 0.000000269. The van der Waals surface area contributed by atoms with Crippen molar-refractivity contribution < 1.29 is 135 Å². The Hall–Kier alpha value is -13.1. The maximum absolute atomic E-state index is 13.7. The van der Waals surface area contributed by atoms with E-state index in [-0.39, 0.29) is 106 Å².